The molecule has 2 atom stereocenters. The number of carbonyl (C=O) groups excluding carboxylic acids is 3. The van der Waals surface area contributed by atoms with Crippen LogP contribution in [-0.2, 0) is 19.1 Å². The first-order chi connectivity index (χ1) is 14.5. The number of nitrogens with one attached hydrogen (secondary N) is 1. The van der Waals surface area contributed by atoms with Crippen LogP contribution in [-0.4, -0.2) is 78.5 Å². The number of guanidine groups is 1. The number of esters is 1. The van der Waals surface area contributed by atoms with Gasteiger partial charge >= 0.3 is 5.97 Å². The largest absolute Gasteiger partial charge is 0.504 e. The molecule has 1 saturated heterocycles. The monoisotopic (exact) mass is 418 g/mol. The Morgan fingerprint density at radius 2 is 2.00 bits per heavy atom. The lowest BCUT2D eigenvalue weighted by Gasteiger charge is -2.37. The molecule has 2 heterocycles. The molecule has 1 aromatic carbocycles. The molecule has 2 aliphatic rings. The van der Waals surface area contributed by atoms with Gasteiger partial charge in [-0.15, -0.1) is 0 Å². The van der Waals surface area contributed by atoms with Gasteiger partial charge in [0.2, 0.25) is 18.3 Å². The SMILES string of the molecule is CCOC(=O)[C@@H]1C(=O)NC(N2CCN(C=O)CC2)=N[C@@H]1c1ccc(O)c(OCC)c1. The second kappa shape index (κ2) is 9.47. The van der Waals surface area contributed by atoms with Crippen molar-refractivity contribution in [3.63, 3.8) is 0 Å². The van der Waals surface area contributed by atoms with Crippen LogP contribution in [0.1, 0.15) is 25.5 Å². The molecule has 1 fully saturated rings. The number of benzene rings is 1. The van der Waals surface area contributed by atoms with Gasteiger partial charge in [-0.25, -0.2) is 4.99 Å². The number of aromatic hydroxyl groups is 1. The van der Waals surface area contributed by atoms with Crippen molar-refractivity contribution >= 4 is 24.2 Å². The van der Waals surface area contributed by atoms with Gasteiger partial charge in [0.15, 0.2) is 17.4 Å². The molecule has 2 N–H and O–H groups in total. The highest BCUT2D eigenvalue weighted by molar-refractivity contribution is 6.08. The fraction of sp³-hybridized carbons (Fsp3) is 0.500. The number of aliphatic imine (C=N–C) groups is 1. The van der Waals surface area contributed by atoms with Crippen LogP contribution in [0.4, 0.5) is 0 Å². The number of ether oxygens (including phenoxy) is 2. The average molecular weight is 418 g/mol. The minimum absolute atomic E-state index is 0.0391. The number of hydrogen-bond donors (Lipinski definition) is 2. The highest BCUT2D eigenvalue weighted by Gasteiger charge is 2.42. The number of piperazine rings is 1. The van der Waals surface area contributed by atoms with E-state index in [0.29, 0.717) is 44.3 Å². The number of phenols is 1. The summed E-state index contributed by atoms with van der Waals surface area (Å²) in [6.45, 7) is 5.98. The van der Waals surface area contributed by atoms with Crippen LogP contribution in [0, 0.1) is 5.92 Å². The van der Waals surface area contributed by atoms with E-state index in [9.17, 15) is 19.5 Å². The lowest BCUT2D eigenvalue weighted by molar-refractivity contribution is -0.153. The summed E-state index contributed by atoms with van der Waals surface area (Å²) in [5.74, 6) is -1.78. The standard InChI is InChI=1S/C20H26N4O6/c1-3-29-15-11-13(5-6-14(15)26)17-16(19(28)30-4-2)18(27)22-20(21-17)24-9-7-23(12-25)8-10-24/h5-6,11-12,16-17,26H,3-4,7-10H2,1-2H3,(H,21,22,27)/t16-,17+/m0/s1. The van der Waals surface area contributed by atoms with Crippen molar-refractivity contribution < 1.29 is 29.0 Å². The molecular weight excluding hydrogens is 392 g/mol. The van der Waals surface area contributed by atoms with E-state index < -0.39 is 23.8 Å². The summed E-state index contributed by atoms with van der Waals surface area (Å²) in [6.07, 6.45) is 0.796. The number of amides is 2. The van der Waals surface area contributed by atoms with E-state index in [1.54, 1.807) is 30.9 Å². The Hall–Kier alpha value is -3.30. The highest BCUT2D eigenvalue weighted by atomic mass is 16.5. The fourth-order valence-corrected chi connectivity index (χ4v) is 3.49. The summed E-state index contributed by atoms with van der Waals surface area (Å²) >= 11 is 0. The molecule has 1 aromatic rings. The molecule has 10 heteroatoms. The van der Waals surface area contributed by atoms with Gasteiger partial charge in [0.1, 0.15) is 6.04 Å². The predicted octanol–water partition coefficient (Wildman–Crippen LogP) is 0.271. The molecule has 30 heavy (non-hydrogen) atoms. The second-order valence-corrected chi connectivity index (χ2v) is 6.91. The molecule has 0 bridgehead atoms. The lowest BCUT2D eigenvalue weighted by Crippen LogP contribution is -2.57. The van der Waals surface area contributed by atoms with Crippen LogP contribution < -0.4 is 10.1 Å². The Kier molecular flexibility index (Phi) is 6.76. The molecule has 0 saturated carbocycles. The Labute approximate surface area is 174 Å². The maximum absolute atomic E-state index is 12.9. The van der Waals surface area contributed by atoms with Gasteiger partial charge < -0.3 is 24.4 Å². The molecule has 0 unspecified atom stereocenters. The van der Waals surface area contributed by atoms with Crippen molar-refractivity contribution in [2.45, 2.75) is 19.9 Å². The van der Waals surface area contributed by atoms with Crippen molar-refractivity contribution in [1.82, 2.24) is 15.1 Å². The molecule has 10 nitrogen and oxygen atoms in total. The lowest BCUT2D eigenvalue weighted by atomic mass is 9.91. The van der Waals surface area contributed by atoms with Crippen LogP contribution in [0.2, 0.25) is 0 Å². The molecular formula is C20H26N4O6. The summed E-state index contributed by atoms with van der Waals surface area (Å²) in [5, 5.41) is 12.7. The highest BCUT2D eigenvalue weighted by Crippen LogP contribution is 2.36. The van der Waals surface area contributed by atoms with Gasteiger partial charge in [-0.2, -0.15) is 0 Å². The quantitative estimate of drug-likeness (QED) is 0.386. The predicted molar refractivity (Wildman–Crippen MR) is 107 cm³/mol. The average Bonchev–Trinajstić information content (AvgIpc) is 2.75. The third kappa shape index (κ3) is 4.47. The summed E-state index contributed by atoms with van der Waals surface area (Å²) in [6, 6.07) is 3.81. The third-order valence-electron chi connectivity index (χ3n) is 5.02. The first-order valence-corrected chi connectivity index (χ1v) is 9.93. The van der Waals surface area contributed by atoms with Crippen LogP contribution in [0.15, 0.2) is 23.2 Å². The zero-order chi connectivity index (χ0) is 21.7. The summed E-state index contributed by atoms with van der Waals surface area (Å²) in [5.41, 5.74) is 0.549. The second-order valence-electron chi connectivity index (χ2n) is 6.91. The molecule has 3 rings (SSSR count). The van der Waals surface area contributed by atoms with Crippen molar-refractivity contribution in [2.75, 3.05) is 39.4 Å². The molecule has 0 aliphatic carbocycles. The molecule has 0 radical (unpaired) electrons. The van der Waals surface area contributed by atoms with Crippen molar-refractivity contribution in [3.05, 3.63) is 23.8 Å². The van der Waals surface area contributed by atoms with Gasteiger partial charge in [0, 0.05) is 26.2 Å². The van der Waals surface area contributed by atoms with E-state index >= 15 is 0 Å². The number of phenolic OH excluding ortho intramolecular Hbond substituents is 1. The third-order valence-corrected chi connectivity index (χ3v) is 5.02. The van der Waals surface area contributed by atoms with Crippen LogP contribution in [0.25, 0.3) is 0 Å². The number of rotatable bonds is 6. The van der Waals surface area contributed by atoms with Crippen molar-refractivity contribution in [1.29, 1.82) is 0 Å². The van der Waals surface area contributed by atoms with E-state index in [-0.39, 0.29) is 18.1 Å². The molecule has 0 spiro atoms. The van der Waals surface area contributed by atoms with Gasteiger partial charge in [-0.1, -0.05) is 6.07 Å². The maximum Gasteiger partial charge on any atom is 0.321 e. The van der Waals surface area contributed by atoms with Gasteiger partial charge in [0.05, 0.1) is 13.2 Å². The van der Waals surface area contributed by atoms with E-state index in [1.165, 1.54) is 6.07 Å². The van der Waals surface area contributed by atoms with E-state index in [1.807, 2.05) is 4.90 Å². The summed E-state index contributed by atoms with van der Waals surface area (Å²) in [4.78, 5) is 44.5. The van der Waals surface area contributed by atoms with Crippen molar-refractivity contribution in [3.8, 4) is 11.5 Å². The molecule has 162 valence electrons. The van der Waals surface area contributed by atoms with Gasteiger partial charge in [-0.05, 0) is 31.5 Å². The Balaban J connectivity index is 1.96. The van der Waals surface area contributed by atoms with Crippen LogP contribution in [0.5, 0.6) is 11.5 Å². The fourth-order valence-electron chi connectivity index (χ4n) is 3.49. The smallest absolute Gasteiger partial charge is 0.321 e. The minimum Gasteiger partial charge on any atom is -0.504 e. The molecule has 0 aromatic heterocycles. The van der Waals surface area contributed by atoms with Crippen molar-refractivity contribution in [2.24, 2.45) is 10.9 Å². The van der Waals surface area contributed by atoms with Crippen LogP contribution in [0.3, 0.4) is 0 Å². The number of hydrogen-bond acceptors (Lipinski definition) is 8. The Morgan fingerprint density at radius 1 is 1.27 bits per heavy atom. The maximum atomic E-state index is 12.9. The van der Waals surface area contributed by atoms with Crippen LogP contribution >= 0.6 is 0 Å². The van der Waals surface area contributed by atoms with E-state index in [2.05, 4.69) is 10.3 Å². The Morgan fingerprint density at radius 3 is 2.63 bits per heavy atom. The number of nitrogens with zero attached hydrogens (tertiary/aromatic N) is 3. The topological polar surface area (TPSA) is 121 Å². The normalized spacial score (nSPS) is 21.5. The van der Waals surface area contributed by atoms with E-state index in [0.717, 1.165) is 6.41 Å². The zero-order valence-electron chi connectivity index (χ0n) is 17.0. The minimum atomic E-state index is -1.16. The van der Waals surface area contributed by atoms with Gasteiger partial charge in [-0.3, -0.25) is 19.7 Å². The van der Waals surface area contributed by atoms with E-state index in [4.69, 9.17) is 9.47 Å². The first-order valence-electron chi connectivity index (χ1n) is 9.93. The summed E-state index contributed by atoms with van der Waals surface area (Å²) in [7, 11) is 0. The first kappa shape index (κ1) is 21.4. The molecule has 2 aliphatic heterocycles. The zero-order valence-corrected chi connectivity index (χ0v) is 17.0. The Bertz CT molecular complexity index is 835. The molecule has 2 amide bonds. The number of carbonyl (C=O) groups is 3. The van der Waals surface area contributed by atoms with Gasteiger partial charge in [0.25, 0.3) is 0 Å². The summed E-state index contributed by atoms with van der Waals surface area (Å²) < 4.78 is 10.5.